The molecule has 0 aliphatic carbocycles. The average Bonchev–Trinajstić information content (AvgIpc) is 1.15. The number of nitrogens with two attached hydrogens (primary N) is 1. The van der Waals surface area contributed by atoms with Crippen LogP contribution >= 0.6 is 7.60 Å². The molecule has 4 rings (SSSR count). The number of primary amides is 1. The van der Waals surface area contributed by atoms with Crippen molar-refractivity contribution in [2.24, 2.45) is 41.2 Å². The number of aliphatic hydroxyl groups is 1. The number of anilines is 1. The molecule has 13 atom stereocenters. The fraction of sp³-hybridized carbons (Fsp3) is 0.632. The first-order chi connectivity index (χ1) is 46.1. The van der Waals surface area contributed by atoms with Gasteiger partial charge in [0.1, 0.15) is 24.7 Å². The number of urea groups is 1. The van der Waals surface area contributed by atoms with Crippen LogP contribution in [0.15, 0.2) is 66.7 Å². The Bertz CT molecular complexity index is 3100. The van der Waals surface area contributed by atoms with Crippen LogP contribution in [-0.4, -0.2) is 215 Å². The SMILES string of the molecule is CC[C@H](C)[C@H]([C@@H](CC(=O)N1CCC[C@H]1[C@@H](OC)[C@@H](C)C(=O)N[C@@H](C)[C@H](O)c1ccccc1)OC)N(C)C(=O)[C@@H](CC(=O)[C@@H](C(C)C)N(C)C(=O)OCc1ccc(NC(=O)[C@H](CCCNC(N)=O)NC(=O)[C@@H](NC(=O)C(CNCCP(=O)(O)O)N2C(=O)C=CC2=O)C(C)C)cc1)C(C)C. The van der Waals surface area contributed by atoms with Crippen molar-refractivity contribution in [1.29, 1.82) is 0 Å². The van der Waals surface area contributed by atoms with Crippen LogP contribution < -0.4 is 37.6 Å². The third-order valence-corrected chi connectivity index (χ3v) is 19.1. The van der Waals surface area contributed by atoms with E-state index >= 15 is 0 Å². The summed E-state index contributed by atoms with van der Waals surface area (Å²) in [7, 11) is 1.67. The van der Waals surface area contributed by atoms with Gasteiger partial charge in [-0.05, 0) is 79.5 Å². The molecule has 2 aromatic rings. The predicted octanol–water partition coefficient (Wildman–Crippen LogP) is 3.74. The van der Waals surface area contributed by atoms with Gasteiger partial charge in [0, 0.05) is 84.7 Å². The first-order valence-corrected chi connectivity index (χ1v) is 35.3. The number of nitrogens with zero attached hydrogens (tertiary/aromatic N) is 4. The number of benzene rings is 2. The number of aliphatic hydroxyl groups excluding tert-OH is 1. The molecule has 11 amide bonds. The number of ketones is 1. The quantitative estimate of drug-likeness (QED) is 0.0258. The molecular formula is C68H106N11O18P. The fourth-order valence-electron chi connectivity index (χ4n) is 12.5. The highest BCUT2D eigenvalue weighted by atomic mass is 31.2. The molecule has 0 spiro atoms. The number of imide groups is 1. The lowest BCUT2D eigenvalue weighted by molar-refractivity contribution is -0.149. The average molecular weight is 1400 g/mol. The van der Waals surface area contributed by atoms with Crippen molar-refractivity contribution in [3.8, 4) is 0 Å². The first kappa shape index (κ1) is 82.8. The minimum absolute atomic E-state index is 0.0296. The van der Waals surface area contributed by atoms with Gasteiger partial charge in [0.05, 0.1) is 61.0 Å². The smallest absolute Gasteiger partial charge is 0.410 e. The maximum Gasteiger partial charge on any atom is 0.410 e. The highest BCUT2D eigenvalue weighted by Crippen LogP contribution is 2.34. The van der Waals surface area contributed by atoms with E-state index in [2.05, 4.69) is 31.9 Å². The Labute approximate surface area is 575 Å². The van der Waals surface area contributed by atoms with Crippen LogP contribution in [0, 0.1) is 35.5 Å². The Morgan fingerprint density at radius 2 is 1.39 bits per heavy atom. The molecule has 29 nitrogen and oxygen atoms in total. The van der Waals surface area contributed by atoms with Crippen molar-refractivity contribution in [2.75, 3.05) is 66.0 Å². The molecule has 546 valence electrons. The summed E-state index contributed by atoms with van der Waals surface area (Å²) in [6.45, 7) is 17.4. The molecule has 2 aliphatic rings. The summed E-state index contributed by atoms with van der Waals surface area (Å²) in [5.74, 6) is -8.50. The minimum atomic E-state index is -4.44. The second-order valence-corrected chi connectivity index (χ2v) is 28.3. The van der Waals surface area contributed by atoms with Gasteiger partial charge in [-0.25, -0.2) is 9.59 Å². The monoisotopic (exact) mass is 1400 g/mol. The molecule has 0 radical (unpaired) electrons. The third-order valence-electron chi connectivity index (χ3n) is 18.3. The minimum Gasteiger partial charge on any atom is -0.445 e. The van der Waals surface area contributed by atoms with Gasteiger partial charge >= 0.3 is 19.7 Å². The Morgan fingerprint density at radius 1 is 0.755 bits per heavy atom. The van der Waals surface area contributed by atoms with E-state index in [1.165, 1.54) is 38.3 Å². The van der Waals surface area contributed by atoms with Gasteiger partial charge in [0.2, 0.25) is 35.4 Å². The van der Waals surface area contributed by atoms with E-state index in [1.807, 2.05) is 45.9 Å². The third kappa shape index (κ3) is 24.1. The van der Waals surface area contributed by atoms with Crippen LogP contribution in [0.25, 0.3) is 0 Å². The second-order valence-electron chi connectivity index (χ2n) is 26.5. The summed E-state index contributed by atoms with van der Waals surface area (Å²) in [6.07, 6.45) is -0.239. The van der Waals surface area contributed by atoms with Gasteiger partial charge in [-0.1, -0.05) is 111 Å². The van der Waals surface area contributed by atoms with Crippen LogP contribution in [0.2, 0.25) is 0 Å². The molecule has 11 N–H and O–H groups in total. The zero-order valence-electron chi connectivity index (χ0n) is 59.1. The van der Waals surface area contributed by atoms with Crippen molar-refractivity contribution in [1.82, 2.24) is 46.2 Å². The summed E-state index contributed by atoms with van der Waals surface area (Å²) in [5, 5.41) is 26.9. The van der Waals surface area contributed by atoms with Gasteiger partial charge in [0.15, 0.2) is 5.78 Å². The molecule has 30 heteroatoms. The van der Waals surface area contributed by atoms with Gasteiger partial charge < -0.3 is 81.4 Å². The van der Waals surface area contributed by atoms with Crippen LogP contribution in [0.3, 0.4) is 0 Å². The topological polar surface area (TPSA) is 404 Å². The van der Waals surface area contributed by atoms with Crippen molar-refractivity contribution in [3.63, 3.8) is 0 Å². The molecule has 1 saturated heterocycles. The molecule has 98 heavy (non-hydrogen) atoms. The Balaban J connectivity index is 1.42. The normalized spacial score (nSPS) is 17.7. The Morgan fingerprint density at radius 3 is 1.94 bits per heavy atom. The molecule has 1 unspecified atom stereocenters. The number of hydrogen-bond donors (Lipinski definition) is 10. The lowest BCUT2D eigenvalue weighted by atomic mass is 9.83. The second kappa shape index (κ2) is 39.2. The molecule has 2 aliphatic heterocycles. The molecule has 0 bridgehead atoms. The summed E-state index contributed by atoms with van der Waals surface area (Å²) in [5.41, 5.74) is 6.65. The number of likely N-dealkylation sites (N-methyl/N-ethyl adjacent to an activating group) is 2. The van der Waals surface area contributed by atoms with E-state index in [9.17, 15) is 72.2 Å². The van der Waals surface area contributed by atoms with Gasteiger partial charge in [-0.3, -0.25) is 52.6 Å². The van der Waals surface area contributed by atoms with E-state index in [0.717, 1.165) is 12.2 Å². The number of carbonyl (C=O) groups excluding carboxylic acids is 11. The number of carbonyl (C=O) groups is 11. The number of hydrogen-bond acceptors (Lipinski definition) is 17. The van der Waals surface area contributed by atoms with Crippen LogP contribution in [0.1, 0.15) is 131 Å². The van der Waals surface area contributed by atoms with Gasteiger partial charge in [0.25, 0.3) is 11.8 Å². The molecule has 1 fully saturated rings. The zero-order chi connectivity index (χ0) is 73.5. The maximum absolute atomic E-state index is 14.9. The molecular weight excluding hydrogens is 1290 g/mol. The standard InChI is InChI=1S/C68H106N11O18P/c1-15-42(8)59(53(95-13)36-56(83)78-33-20-24-50(78)61(96-14)43(9)62(85)72-44(10)60(84)46-21-17-16-18-22-46)76(11)66(89)48(39(2)3)35-52(80)58(41(6)7)77(12)68(91)97-38-45-25-27-47(28-26-45)73-63(86)49(23-19-31-71-67(69)90)74-65(88)57(40(4)5)75-64(87)51(37-70-32-34-98(92,93)94)79-54(81)29-30-55(79)82/h16-18,21-22,25-30,39-44,48-51,53,57-61,70,84H,15,19-20,23-24,31-38H2,1-14H3,(H,72,85)(H,73,86)(H,74,88)(H,75,87)(H3,69,71,90)(H2,92,93,94)/t42-,43+,44-,48-,49-,50-,51?,53+,57-,58+,59+,60-,61-/m0/s1. The molecule has 2 aromatic carbocycles. The van der Waals surface area contributed by atoms with E-state index < -0.39 is 146 Å². The molecule has 0 aromatic heterocycles. The first-order valence-electron chi connectivity index (χ1n) is 33.5. The number of likely N-dealkylation sites (tertiary alicyclic amines) is 1. The number of amides is 11. The Hall–Kier alpha value is -7.66. The highest BCUT2D eigenvalue weighted by Gasteiger charge is 2.45. The van der Waals surface area contributed by atoms with E-state index in [-0.39, 0.29) is 86.4 Å². The summed E-state index contributed by atoms with van der Waals surface area (Å²) >= 11 is 0. The van der Waals surface area contributed by atoms with E-state index in [4.69, 9.17) is 19.9 Å². The van der Waals surface area contributed by atoms with Gasteiger partial charge in [-0.2, -0.15) is 0 Å². The van der Waals surface area contributed by atoms with Crippen molar-refractivity contribution in [3.05, 3.63) is 77.9 Å². The fourth-order valence-corrected chi connectivity index (χ4v) is 13.0. The van der Waals surface area contributed by atoms with Crippen molar-refractivity contribution >= 4 is 78.4 Å². The lowest BCUT2D eigenvalue weighted by Crippen LogP contribution is -2.60. The highest BCUT2D eigenvalue weighted by molar-refractivity contribution is 7.51. The largest absolute Gasteiger partial charge is 0.445 e. The van der Waals surface area contributed by atoms with Crippen molar-refractivity contribution in [2.45, 2.75) is 181 Å². The van der Waals surface area contributed by atoms with Crippen LogP contribution in [0.4, 0.5) is 15.3 Å². The van der Waals surface area contributed by atoms with E-state index in [1.54, 1.807) is 82.7 Å². The molecule has 0 saturated carbocycles. The summed E-state index contributed by atoms with van der Waals surface area (Å²) < 4.78 is 29.2. The maximum atomic E-state index is 14.9. The van der Waals surface area contributed by atoms with Gasteiger partial charge in [-0.15, -0.1) is 0 Å². The Kier molecular flexibility index (Phi) is 33.1. The molecule has 2 heterocycles. The van der Waals surface area contributed by atoms with Crippen molar-refractivity contribution < 1.29 is 86.4 Å². The summed E-state index contributed by atoms with van der Waals surface area (Å²) in [4.78, 5) is 174. The zero-order valence-corrected chi connectivity index (χ0v) is 60.0. The number of rotatable bonds is 40. The summed E-state index contributed by atoms with van der Waals surface area (Å²) in [6, 6.07) is 7.55. The number of ether oxygens (including phenoxy) is 3. The van der Waals surface area contributed by atoms with Crippen LogP contribution in [-0.2, 0) is 68.5 Å². The van der Waals surface area contributed by atoms with Crippen LogP contribution in [0.5, 0.6) is 0 Å². The van der Waals surface area contributed by atoms with E-state index in [0.29, 0.717) is 41.8 Å². The predicted molar refractivity (Wildman–Crippen MR) is 365 cm³/mol. The number of Topliss-reactive ketones (excluding diaryl/α,β-unsaturated/α-hetero) is 1. The number of methoxy groups -OCH3 is 2. The number of nitrogens with one attached hydrogen (secondary N) is 6. The lowest BCUT2D eigenvalue weighted by Gasteiger charge is -2.41.